The highest BCUT2D eigenvalue weighted by atomic mass is 35.5. The Kier molecular flexibility index (Phi) is 6.39. The van der Waals surface area contributed by atoms with E-state index < -0.39 is 6.04 Å². The molecule has 7 nitrogen and oxygen atoms in total. The number of aromatic nitrogens is 3. The van der Waals surface area contributed by atoms with Gasteiger partial charge in [-0.3, -0.25) is 9.59 Å². The first-order valence-corrected chi connectivity index (χ1v) is 9.19. The van der Waals surface area contributed by atoms with E-state index in [1.54, 1.807) is 31.2 Å². The van der Waals surface area contributed by atoms with Gasteiger partial charge in [-0.25, -0.2) is 9.67 Å². The number of carbonyl (C=O) groups is 2. The fourth-order valence-electron chi connectivity index (χ4n) is 2.59. The first-order valence-electron chi connectivity index (χ1n) is 8.81. The molecule has 0 saturated heterocycles. The van der Waals surface area contributed by atoms with E-state index in [0.717, 1.165) is 5.56 Å². The fourth-order valence-corrected chi connectivity index (χ4v) is 2.82. The van der Waals surface area contributed by atoms with Crippen LogP contribution in [-0.2, 0) is 16.0 Å². The number of nitrogens with zero attached hydrogens (tertiary/aromatic N) is 3. The van der Waals surface area contributed by atoms with Gasteiger partial charge in [0.1, 0.15) is 18.7 Å². The van der Waals surface area contributed by atoms with Crippen LogP contribution in [0.5, 0.6) is 0 Å². The predicted octanol–water partition coefficient (Wildman–Crippen LogP) is 3.70. The minimum absolute atomic E-state index is 0.100. The van der Waals surface area contributed by atoms with Crippen molar-refractivity contribution in [1.82, 2.24) is 14.8 Å². The number of anilines is 2. The molecule has 28 heavy (non-hydrogen) atoms. The van der Waals surface area contributed by atoms with Gasteiger partial charge < -0.3 is 10.6 Å². The third-order valence-corrected chi connectivity index (χ3v) is 4.60. The van der Waals surface area contributed by atoms with Crippen molar-refractivity contribution in [3.05, 3.63) is 71.8 Å². The highest BCUT2D eigenvalue weighted by Crippen LogP contribution is 2.18. The molecule has 1 atom stereocenters. The summed E-state index contributed by atoms with van der Waals surface area (Å²) in [6.45, 7) is 1.73. The molecule has 0 saturated carbocycles. The molecule has 1 aromatic heterocycles. The molecule has 3 rings (SSSR count). The van der Waals surface area contributed by atoms with Crippen molar-refractivity contribution in [2.45, 2.75) is 25.8 Å². The maximum absolute atomic E-state index is 12.2. The van der Waals surface area contributed by atoms with Crippen molar-refractivity contribution >= 4 is 34.8 Å². The van der Waals surface area contributed by atoms with Gasteiger partial charge in [0.2, 0.25) is 11.8 Å². The van der Waals surface area contributed by atoms with Crippen molar-refractivity contribution < 1.29 is 9.59 Å². The molecule has 0 fully saturated rings. The average Bonchev–Trinajstić information content (AvgIpc) is 3.23. The van der Waals surface area contributed by atoms with Crippen LogP contribution in [0, 0.1) is 0 Å². The smallest absolute Gasteiger partial charge is 0.249 e. The number of hydrogen-bond donors (Lipinski definition) is 2. The fraction of sp³-hybridized carbons (Fsp3) is 0.200. The summed E-state index contributed by atoms with van der Waals surface area (Å²) in [4.78, 5) is 28.2. The molecule has 0 bridgehead atoms. The number of halogens is 1. The topological polar surface area (TPSA) is 88.9 Å². The minimum atomic E-state index is -0.480. The summed E-state index contributed by atoms with van der Waals surface area (Å²) in [6, 6.07) is 13.9. The van der Waals surface area contributed by atoms with Crippen LogP contribution in [0.15, 0.2) is 61.2 Å². The van der Waals surface area contributed by atoms with Gasteiger partial charge in [0.05, 0.1) is 0 Å². The van der Waals surface area contributed by atoms with E-state index in [1.165, 1.54) is 17.3 Å². The Morgan fingerprint density at radius 1 is 1.07 bits per heavy atom. The van der Waals surface area contributed by atoms with Crippen LogP contribution in [0.25, 0.3) is 0 Å². The highest BCUT2D eigenvalue weighted by Gasteiger charge is 2.15. The SMILES string of the molecule is CC(C(=O)Nc1ccc(NC(=O)CCc2ccccc2Cl)cc1)n1cncn1. The Hall–Kier alpha value is -3.19. The van der Waals surface area contributed by atoms with E-state index in [4.69, 9.17) is 11.6 Å². The van der Waals surface area contributed by atoms with Gasteiger partial charge in [-0.2, -0.15) is 5.10 Å². The molecule has 1 heterocycles. The maximum Gasteiger partial charge on any atom is 0.249 e. The van der Waals surface area contributed by atoms with Crippen LogP contribution in [0.2, 0.25) is 5.02 Å². The van der Waals surface area contributed by atoms with Crippen molar-refractivity contribution in [3.63, 3.8) is 0 Å². The predicted molar refractivity (Wildman–Crippen MR) is 108 cm³/mol. The number of rotatable bonds is 7. The molecule has 2 amide bonds. The van der Waals surface area contributed by atoms with E-state index in [-0.39, 0.29) is 11.8 Å². The Bertz CT molecular complexity index is 941. The highest BCUT2D eigenvalue weighted by molar-refractivity contribution is 6.31. The van der Waals surface area contributed by atoms with E-state index in [1.807, 2.05) is 24.3 Å². The van der Waals surface area contributed by atoms with Gasteiger partial charge in [-0.05, 0) is 49.2 Å². The quantitative estimate of drug-likeness (QED) is 0.636. The Morgan fingerprint density at radius 2 is 1.75 bits per heavy atom. The van der Waals surface area contributed by atoms with Crippen LogP contribution in [0.1, 0.15) is 24.9 Å². The van der Waals surface area contributed by atoms with Crippen molar-refractivity contribution in [1.29, 1.82) is 0 Å². The van der Waals surface area contributed by atoms with E-state index in [9.17, 15) is 9.59 Å². The summed E-state index contributed by atoms with van der Waals surface area (Å²) in [5.41, 5.74) is 2.23. The molecule has 0 aliphatic heterocycles. The number of aryl methyl sites for hydroxylation is 1. The molecule has 2 aromatic carbocycles. The van der Waals surface area contributed by atoms with Gasteiger partial charge in [0, 0.05) is 22.8 Å². The lowest BCUT2D eigenvalue weighted by Gasteiger charge is -2.12. The maximum atomic E-state index is 12.2. The minimum Gasteiger partial charge on any atom is -0.326 e. The second-order valence-electron chi connectivity index (χ2n) is 6.26. The van der Waals surface area contributed by atoms with Gasteiger partial charge in [0.25, 0.3) is 0 Å². The number of carbonyl (C=O) groups excluding carboxylic acids is 2. The number of nitrogens with one attached hydrogen (secondary N) is 2. The molecule has 0 aliphatic carbocycles. The summed E-state index contributed by atoms with van der Waals surface area (Å²) in [6.07, 6.45) is 3.77. The lowest BCUT2D eigenvalue weighted by molar-refractivity contribution is -0.119. The van der Waals surface area contributed by atoms with Crippen LogP contribution >= 0.6 is 11.6 Å². The second kappa shape index (κ2) is 9.14. The summed E-state index contributed by atoms with van der Waals surface area (Å²) >= 11 is 6.11. The van der Waals surface area contributed by atoms with Gasteiger partial charge in [0.15, 0.2) is 0 Å². The van der Waals surface area contributed by atoms with Crippen molar-refractivity contribution in [3.8, 4) is 0 Å². The van der Waals surface area contributed by atoms with E-state index >= 15 is 0 Å². The first-order chi connectivity index (χ1) is 13.5. The molecular weight excluding hydrogens is 378 g/mol. The number of benzene rings is 2. The third-order valence-electron chi connectivity index (χ3n) is 4.23. The zero-order valence-corrected chi connectivity index (χ0v) is 16.1. The van der Waals surface area contributed by atoms with Gasteiger partial charge in [-0.1, -0.05) is 29.8 Å². The number of amides is 2. The zero-order valence-electron chi connectivity index (χ0n) is 15.3. The lowest BCUT2D eigenvalue weighted by atomic mass is 10.1. The van der Waals surface area contributed by atoms with E-state index in [2.05, 4.69) is 20.7 Å². The molecule has 3 aromatic rings. The van der Waals surface area contributed by atoms with Crippen LogP contribution < -0.4 is 10.6 Å². The van der Waals surface area contributed by atoms with Crippen LogP contribution in [0.4, 0.5) is 11.4 Å². The van der Waals surface area contributed by atoms with Crippen molar-refractivity contribution in [2.24, 2.45) is 0 Å². The summed E-state index contributed by atoms with van der Waals surface area (Å²) in [5.74, 6) is -0.307. The molecule has 1 unspecified atom stereocenters. The molecule has 2 N–H and O–H groups in total. The first kappa shape index (κ1) is 19.6. The van der Waals surface area contributed by atoms with Crippen LogP contribution in [-0.4, -0.2) is 26.6 Å². The molecule has 144 valence electrons. The largest absolute Gasteiger partial charge is 0.326 e. The Labute approximate surface area is 167 Å². The second-order valence-corrected chi connectivity index (χ2v) is 6.66. The molecule has 0 radical (unpaired) electrons. The Morgan fingerprint density at radius 3 is 2.39 bits per heavy atom. The third kappa shape index (κ3) is 5.17. The molecule has 0 spiro atoms. The zero-order chi connectivity index (χ0) is 19.9. The molecular formula is C20H20ClN5O2. The van der Waals surface area contributed by atoms with Crippen LogP contribution in [0.3, 0.4) is 0 Å². The average molecular weight is 398 g/mol. The number of hydrogen-bond acceptors (Lipinski definition) is 4. The summed E-state index contributed by atoms with van der Waals surface area (Å²) in [5, 5.41) is 10.3. The van der Waals surface area contributed by atoms with Gasteiger partial charge >= 0.3 is 0 Å². The Balaban J connectivity index is 1.50. The van der Waals surface area contributed by atoms with E-state index in [0.29, 0.717) is 29.2 Å². The monoisotopic (exact) mass is 397 g/mol. The summed E-state index contributed by atoms with van der Waals surface area (Å²) < 4.78 is 1.48. The van der Waals surface area contributed by atoms with Crippen molar-refractivity contribution in [2.75, 3.05) is 10.6 Å². The van der Waals surface area contributed by atoms with Gasteiger partial charge in [-0.15, -0.1) is 0 Å². The summed E-state index contributed by atoms with van der Waals surface area (Å²) in [7, 11) is 0. The lowest BCUT2D eigenvalue weighted by Crippen LogP contribution is -2.24. The standard InChI is InChI=1S/C20H20ClN5O2/c1-14(26-13-22-12-23-26)20(28)25-17-9-7-16(8-10-17)24-19(27)11-6-15-4-2-3-5-18(15)21/h2-5,7-10,12-14H,6,11H2,1H3,(H,24,27)(H,25,28). The molecule has 0 aliphatic rings. The normalized spacial score (nSPS) is 11.6. The molecule has 8 heteroatoms.